The molecule has 23 heavy (non-hydrogen) atoms. The minimum Gasteiger partial charge on any atom is -0.497 e. The lowest BCUT2D eigenvalue weighted by molar-refractivity contribution is 0.0650. The van der Waals surface area contributed by atoms with E-state index < -0.39 is 0 Å². The SMILES string of the molecule is COc1ccc(Nc2nc(C(=O)N3CCNC[C@H]3C)cs2)cc1. The van der Waals surface area contributed by atoms with Crippen LogP contribution in [0.4, 0.5) is 10.8 Å². The first-order valence-electron chi connectivity index (χ1n) is 7.55. The molecule has 0 aliphatic carbocycles. The number of anilines is 2. The fourth-order valence-corrected chi connectivity index (χ4v) is 3.22. The molecule has 1 atom stereocenters. The summed E-state index contributed by atoms with van der Waals surface area (Å²) in [7, 11) is 1.64. The molecule has 2 aromatic rings. The molecule has 1 aromatic heterocycles. The van der Waals surface area contributed by atoms with Gasteiger partial charge in [-0.25, -0.2) is 4.98 Å². The molecule has 3 rings (SSSR count). The van der Waals surface area contributed by atoms with Gasteiger partial charge in [0.05, 0.1) is 7.11 Å². The molecular weight excluding hydrogens is 312 g/mol. The van der Waals surface area contributed by atoms with Gasteiger partial charge < -0.3 is 20.3 Å². The summed E-state index contributed by atoms with van der Waals surface area (Å²) in [6.45, 7) is 4.43. The molecule has 0 unspecified atom stereocenters. The van der Waals surface area contributed by atoms with E-state index in [1.807, 2.05) is 41.5 Å². The molecule has 0 radical (unpaired) electrons. The van der Waals surface area contributed by atoms with Gasteiger partial charge in [-0.2, -0.15) is 0 Å². The maximum Gasteiger partial charge on any atom is 0.273 e. The fourth-order valence-electron chi connectivity index (χ4n) is 2.52. The Kier molecular flexibility index (Phi) is 4.78. The molecule has 122 valence electrons. The van der Waals surface area contributed by atoms with Crippen molar-refractivity contribution in [3.63, 3.8) is 0 Å². The average molecular weight is 332 g/mol. The zero-order valence-electron chi connectivity index (χ0n) is 13.2. The first-order chi connectivity index (χ1) is 11.2. The molecule has 1 aliphatic heterocycles. The number of carbonyl (C=O) groups excluding carboxylic acids is 1. The van der Waals surface area contributed by atoms with Crippen LogP contribution in [0.2, 0.25) is 0 Å². The first-order valence-corrected chi connectivity index (χ1v) is 8.43. The van der Waals surface area contributed by atoms with Crippen LogP contribution >= 0.6 is 11.3 Å². The van der Waals surface area contributed by atoms with Crippen LogP contribution in [0.3, 0.4) is 0 Å². The third-order valence-corrected chi connectivity index (χ3v) is 4.58. The quantitative estimate of drug-likeness (QED) is 0.899. The van der Waals surface area contributed by atoms with Crippen molar-refractivity contribution in [1.82, 2.24) is 15.2 Å². The monoisotopic (exact) mass is 332 g/mol. The molecule has 1 aromatic carbocycles. The highest BCUT2D eigenvalue weighted by molar-refractivity contribution is 7.14. The lowest BCUT2D eigenvalue weighted by Crippen LogP contribution is -2.52. The number of thiazole rings is 1. The minimum absolute atomic E-state index is 0.00182. The number of hydrogen-bond acceptors (Lipinski definition) is 6. The molecule has 1 saturated heterocycles. The Morgan fingerprint density at radius 2 is 2.22 bits per heavy atom. The summed E-state index contributed by atoms with van der Waals surface area (Å²) in [5.74, 6) is 0.802. The first kappa shape index (κ1) is 15.8. The topological polar surface area (TPSA) is 66.5 Å². The van der Waals surface area contributed by atoms with E-state index in [4.69, 9.17) is 4.74 Å². The van der Waals surface area contributed by atoms with E-state index >= 15 is 0 Å². The predicted octanol–water partition coefficient (Wildman–Crippen LogP) is 2.33. The number of carbonyl (C=O) groups is 1. The lowest BCUT2D eigenvalue weighted by Gasteiger charge is -2.33. The van der Waals surface area contributed by atoms with Gasteiger partial charge >= 0.3 is 0 Å². The average Bonchev–Trinajstić information content (AvgIpc) is 3.04. The third kappa shape index (κ3) is 3.62. The molecule has 1 amide bonds. The Hall–Kier alpha value is -2.12. The summed E-state index contributed by atoms with van der Waals surface area (Å²) in [6, 6.07) is 7.78. The second-order valence-corrected chi connectivity index (χ2v) is 6.30. The van der Waals surface area contributed by atoms with Gasteiger partial charge in [0.15, 0.2) is 5.13 Å². The van der Waals surface area contributed by atoms with Crippen molar-refractivity contribution in [2.24, 2.45) is 0 Å². The summed E-state index contributed by atoms with van der Waals surface area (Å²) >= 11 is 1.43. The Balaban J connectivity index is 1.68. The van der Waals surface area contributed by atoms with Gasteiger partial charge in [-0.15, -0.1) is 11.3 Å². The zero-order valence-corrected chi connectivity index (χ0v) is 14.0. The Labute approximate surface area is 139 Å². The predicted molar refractivity (Wildman–Crippen MR) is 91.8 cm³/mol. The fraction of sp³-hybridized carbons (Fsp3) is 0.375. The Morgan fingerprint density at radius 1 is 1.43 bits per heavy atom. The normalized spacial score (nSPS) is 17.8. The molecule has 1 aliphatic rings. The number of aromatic nitrogens is 1. The molecule has 7 heteroatoms. The number of amides is 1. The van der Waals surface area contributed by atoms with Crippen molar-refractivity contribution < 1.29 is 9.53 Å². The number of piperazine rings is 1. The molecule has 0 saturated carbocycles. The lowest BCUT2D eigenvalue weighted by atomic mass is 10.2. The number of rotatable bonds is 4. The van der Waals surface area contributed by atoms with E-state index in [-0.39, 0.29) is 11.9 Å². The largest absolute Gasteiger partial charge is 0.497 e. The van der Waals surface area contributed by atoms with E-state index in [1.54, 1.807) is 7.11 Å². The van der Waals surface area contributed by atoms with Crippen LogP contribution in [0.25, 0.3) is 0 Å². The number of benzene rings is 1. The highest BCUT2D eigenvalue weighted by Gasteiger charge is 2.25. The summed E-state index contributed by atoms with van der Waals surface area (Å²) < 4.78 is 5.14. The number of methoxy groups -OCH3 is 1. The van der Waals surface area contributed by atoms with Crippen LogP contribution in [-0.4, -0.2) is 48.6 Å². The minimum atomic E-state index is -0.00182. The summed E-state index contributed by atoms with van der Waals surface area (Å²) in [4.78, 5) is 18.9. The van der Waals surface area contributed by atoms with Crippen LogP contribution in [0.5, 0.6) is 5.75 Å². The summed E-state index contributed by atoms with van der Waals surface area (Å²) in [5.41, 5.74) is 1.41. The molecular formula is C16H20N4O2S. The van der Waals surface area contributed by atoms with Crippen LogP contribution in [0.15, 0.2) is 29.6 Å². The van der Waals surface area contributed by atoms with E-state index in [1.165, 1.54) is 11.3 Å². The third-order valence-electron chi connectivity index (χ3n) is 3.83. The van der Waals surface area contributed by atoms with Crippen molar-refractivity contribution in [1.29, 1.82) is 0 Å². The van der Waals surface area contributed by atoms with Crippen molar-refractivity contribution in [3.8, 4) is 5.75 Å². The van der Waals surface area contributed by atoms with Crippen molar-refractivity contribution >= 4 is 28.1 Å². The van der Waals surface area contributed by atoms with Crippen LogP contribution < -0.4 is 15.4 Å². The Morgan fingerprint density at radius 3 is 2.91 bits per heavy atom. The second-order valence-electron chi connectivity index (χ2n) is 5.44. The van der Waals surface area contributed by atoms with Gasteiger partial charge in [-0.3, -0.25) is 4.79 Å². The van der Waals surface area contributed by atoms with E-state index in [9.17, 15) is 4.79 Å². The van der Waals surface area contributed by atoms with Gasteiger partial charge in [-0.05, 0) is 31.2 Å². The van der Waals surface area contributed by atoms with Crippen molar-refractivity contribution in [3.05, 3.63) is 35.3 Å². The Bertz CT molecular complexity index is 671. The van der Waals surface area contributed by atoms with Crippen LogP contribution in [-0.2, 0) is 0 Å². The van der Waals surface area contributed by atoms with Crippen LogP contribution in [0, 0.1) is 0 Å². The maximum absolute atomic E-state index is 12.6. The molecule has 0 spiro atoms. The zero-order chi connectivity index (χ0) is 16.2. The number of nitrogens with zero attached hydrogens (tertiary/aromatic N) is 2. The van der Waals surface area contributed by atoms with Crippen molar-refractivity contribution in [2.45, 2.75) is 13.0 Å². The van der Waals surface area contributed by atoms with Gasteiger partial charge in [0.1, 0.15) is 11.4 Å². The van der Waals surface area contributed by atoms with E-state index in [0.717, 1.165) is 31.1 Å². The van der Waals surface area contributed by atoms with E-state index in [0.29, 0.717) is 10.8 Å². The smallest absolute Gasteiger partial charge is 0.273 e. The van der Waals surface area contributed by atoms with Gasteiger partial charge in [0.25, 0.3) is 5.91 Å². The maximum atomic E-state index is 12.6. The van der Waals surface area contributed by atoms with Crippen molar-refractivity contribution in [2.75, 3.05) is 32.1 Å². The van der Waals surface area contributed by atoms with Crippen LogP contribution in [0.1, 0.15) is 17.4 Å². The number of nitrogens with one attached hydrogen (secondary N) is 2. The number of ether oxygens (including phenoxy) is 1. The highest BCUT2D eigenvalue weighted by atomic mass is 32.1. The highest BCUT2D eigenvalue weighted by Crippen LogP contribution is 2.23. The molecule has 6 nitrogen and oxygen atoms in total. The second kappa shape index (κ2) is 6.97. The van der Waals surface area contributed by atoms with E-state index in [2.05, 4.69) is 15.6 Å². The summed E-state index contributed by atoms with van der Waals surface area (Å²) in [5, 5.41) is 9.02. The van der Waals surface area contributed by atoms with Gasteiger partial charge in [-0.1, -0.05) is 0 Å². The number of hydrogen-bond donors (Lipinski definition) is 2. The van der Waals surface area contributed by atoms with Gasteiger partial charge in [0, 0.05) is 36.7 Å². The molecule has 2 heterocycles. The van der Waals surface area contributed by atoms with Gasteiger partial charge in [0.2, 0.25) is 0 Å². The standard InChI is InChI=1S/C16H20N4O2S/c1-11-9-17-7-8-20(11)15(21)14-10-23-16(19-14)18-12-3-5-13(22-2)6-4-12/h3-6,10-11,17H,7-9H2,1-2H3,(H,18,19)/t11-/m1/s1. The molecule has 2 N–H and O–H groups in total. The molecule has 0 bridgehead atoms. The molecule has 1 fully saturated rings. The summed E-state index contributed by atoms with van der Waals surface area (Å²) in [6.07, 6.45) is 0.